The van der Waals surface area contributed by atoms with Crippen LogP contribution in [0.3, 0.4) is 0 Å². The normalized spacial score (nSPS) is 20.1. The van der Waals surface area contributed by atoms with Crippen molar-refractivity contribution in [3.05, 3.63) is 59.2 Å². The lowest BCUT2D eigenvalue weighted by molar-refractivity contribution is -0.124. The van der Waals surface area contributed by atoms with E-state index in [4.69, 9.17) is 10.5 Å². The van der Waals surface area contributed by atoms with Crippen LogP contribution in [0.25, 0.3) is 0 Å². The van der Waals surface area contributed by atoms with Crippen molar-refractivity contribution >= 4 is 17.5 Å². The van der Waals surface area contributed by atoms with Gasteiger partial charge in [-0.15, -0.1) is 0 Å². The van der Waals surface area contributed by atoms with Crippen LogP contribution in [0.1, 0.15) is 55.8 Å². The molecule has 2 aromatic rings. The molecule has 2 aliphatic rings. The molecule has 2 atom stereocenters. The summed E-state index contributed by atoms with van der Waals surface area (Å²) in [5.41, 5.74) is 8.95. The molecule has 1 aliphatic heterocycles. The minimum atomic E-state index is -0.478. The second-order valence-electron chi connectivity index (χ2n) is 7.94. The highest BCUT2D eigenvalue weighted by molar-refractivity contribution is 5.97. The second-order valence-corrected chi connectivity index (χ2v) is 7.94. The highest BCUT2D eigenvalue weighted by Gasteiger charge is 2.51. The number of carbonyl (C=O) groups excluding carboxylic acids is 2. The van der Waals surface area contributed by atoms with E-state index >= 15 is 0 Å². The maximum Gasteiger partial charge on any atom is 0.265 e. The molecule has 1 fully saturated rings. The summed E-state index contributed by atoms with van der Waals surface area (Å²) >= 11 is 0. The van der Waals surface area contributed by atoms with Crippen molar-refractivity contribution in [3.63, 3.8) is 0 Å². The zero-order valence-corrected chi connectivity index (χ0v) is 16.8. The van der Waals surface area contributed by atoms with Gasteiger partial charge in [0.1, 0.15) is 5.75 Å². The van der Waals surface area contributed by atoms with Crippen LogP contribution >= 0.6 is 0 Å². The fraction of sp³-hybridized carbons (Fsp3) is 0.391. The monoisotopic (exact) mass is 393 g/mol. The van der Waals surface area contributed by atoms with Crippen LogP contribution in [0.4, 0.5) is 5.69 Å². The van der Waals surface area contributed by atoms with E-state index in [2.05, 4.69) is 10.6 Å². The number of carbonyl (C=O) groups is 2. The lowest BCUT2D eigenvalue weighted by Gasteiger charge is -2.26. The standard InChI is InChI=1S/C23H27N3O3/c1-3-19-21(27)26-18-9-6-16(12-20(18)29-19)14(2)25-22(28)23(10-11-23)17-7-4-15(13-24)5-8-17/h4-9,12,14,19H,3,10-11,13,24H2,1-2H3,(H,25,28)(H,26,27). The van der Waals surface area contributed by atoms with Gasteiger partial charge in [-0.2, -0.15) is 0 Å². The highest BCUT2D eigenvalue weighted by Crippen LogP contribution is 2.48. The van der Waals surface area contributed by atoms with E-state index in [1.54, 1.807) is 0 Å². The third-order valence-electron chi connectivity index (χ3n) is 5.97. The topological polar surface area (TPSA) is 93.4 Å². The van der Waals surface area contributed by atoms with Gasteiger partial charge in [0.25, 0.3) is 5.91 Å². The molecule has 0 bridgehead atoms. The number of hydrogen-bond acceptors (Lipinski definition) is 4. The number of anilines is 1. The molecule has 4 rings (SSSR count). The largest absolute Gasteiger partial charge is 0.478 e. The number of benzene rings is 2. The predicted octanol–water partition coefficient (Wildman–Crippen LogP) is 3.16. The van der Waals surface area contributed by atoms with Crippen molar-refractivity contribution in [2.24, 2.45) is 5.73 Å². The Morgan fingerprint density at radius 1 is 1.28 bits per heavy atom. The van der Waals surface area contributed by atoms with E-state index in [9.17, 15) is 9.59 Å². The third kappa shape index (κ3) is 3.60. The van der Waals surface area contributed by atoms with E-state index in [1.807, 2.05) is 56.3 Å². The average molecular weight is 393 g/mol. The molecule has 2 unspecified atom stereocenters. The van der Waals surface area contributed by atoms with Gasteiger partial charge in [-0.1, -0.05) is 37.3 Å². The van der Waals surface area contributed by atoms with E-state index < -0.39 is 11.5 Å². The molecule has 1 saturated carbocycles. The van der Waals surface area contributed by atoms with Crippen molar-refractivity contribution in [3.8, 4) is 5.75 Å². The third-order valence-corrected chi connectivity index (χ3v) is 5.97. The molecule has 0 radical (unpaired) electrons. The first-order valence-corrected chi connectivity index (χ1v) is 10.2. The summed E-state index contributed by atoms with van der Waals surface area (Å²) in [6.45, 7) is 4.37. The van der Waals surface area contributed by atoms with Crippen molar-refractivity contribution in [1.82, 2.24) is 5.32 Å². The fourth-order valence-electron chi connectivity index (χ4n) is 3.85. The van der Waals surface area contributed by atoms with E-state index in [-0.39, 0.29) is 17.9 Å². The number of rotatable bonds is 6. The molecule has 4 N–H and O–H groups in total. The first kappa shape index (κ1) is 19.5. The number of ether oxygens (including phenoxy) is 1. The molecule has 29 heavy (non-hydrogen) atoms. The Kier molecular flexibility index (Phi) is 5.04. The zero-order valence-electron chi connectivity index (χ0n) is 16.8. The highest BCUT2D eigenvalue weighted by atomic mass is 16.5. The van der Waals surface area contributed by atoms with Gasteiger partial charge < -0.3 is 21.1 Å². The minimum Gasteiger partial charge on any atom is -0.478 e. The molecule has 6 nitrogen and oxygen atoms in total. The molecule has 1 aliphatic carbocycles. The molecule has 2 aromatic carbocycles. The van der Waals surface area contributed by atoms with Crippen LogP contribution in [0, 0.1) is 0 Å². The molecular weight excluding hydrogens is 366 g/mol. The summed E-state index contributed by atoms with van der Waals surface area (Å²) < 4.78 is 5.82. The molecule has 6 heteroatoms. The predicted molar refractivity (Wildman–Crippen MR) is 112 cm³/mol. The Morgan fingerprint density at radius 3 is 2.62 bits per heavy atom. The smallest absolute Gasteiger partial charge is 0.265 e. The van der Waals surface area contributed by atoms with E-state index in [0.29, 0.717) is 24.4 Å². The lowest BCUT2D eigenvalue weighted by atomic mass is 9.93. The van der Waals surface area contributed by atoms with Gasteiger partial charge in [-0.25, -0.2) is 0 Å². The summed E-state index contributed by atoms with van der Waals surface area (Å²) in [4.78, 5) is 25.0. The van der Waals surface area contributed by atoms with E-state index in [1.165, 1.54) is 0 Å². The Balaban J connectivity index is 1.48. The van der Waals surface area contributed by atoms with Crippen molar-refractivity contribution in [2.75, 3.05) is 5.32 Å². The van der Waals surface area contributed by atoms with Gasteiger partial charge >= 0.3 is 0 Å². The van der Waals surface area contributed by atoms with Crippen LogP contribution in [0.15, 0.2) is 42.5 Å². The van der Waals surface area contributed by atoms with Crippen molar-refractivity contribution in [1.29, 1.82) is 0 Å². The van der Waals surface area contributed by atoms with Gasteiger partial charge in [0.2, 0.25) is 5.91 Å². The quantitative estimate of drug-likeness (QED) is 0.703. The van der Waals surface area contributed by atoms with Crippen LogP contribution < -0.4 is 21.1 Å². The maximum atomic E-state index is 13.1. The van der Waals surface area contributed by atoms with Crippen LogP contribution in [-0.4, -0.2) is 17.9 Å². The number of amides is 2. The first-order chi connectivity index (χ1) is 14.0. The Hall–Kier alpha value is -2.86. The zero-order chi connectivity index (χ0) is 20.6. The SMILES string of the molecule is CCC1Oc2cc(C(C)NC(=O)C3(c4ccc(CN)cc4)CC3)ccc2NC1=O. The number of nitrogens with two attached hydrogens (primary N) is 1. The Bertz CT molecular complexity index is 935. The minimum absolute atomic E-state index is 0.0453. The molecule has 2 amide bonds. The van der Waals surface area contributed by atoms with Crippen molar-refractivity contribution < 1.29 is 14.3 Å². The Morgan fingerprint density at radius 2 is 2.00 bits per heavy atom. The molecule has 0 saturated heterocycles. The number of fused-ring (bicyclic) bond motifs is 1. The van der Waals surface area contributed by atoms with E-state index in [0.717, 1.165) is 29.5 Å². The van der Waals surface area contributed by atoms with Gasteiger partial charge in [0, 0.05) is 6.54 Å². The average Bonchev–Trinajstić information content (AvgIpc) is 3.55. The van der Waals surface area contributed by atoms with Crippen LogP contribution in [0.2, 0.25) is 0 Å². The molecule has 0 aromatic heterocycles. The van der Waals surface area contributed by atoms with Gasteiger partial charge in [0.05, 0.1) is 17.1 Å². The fourth-order valence-corrected chi connectivity index (χ4v) is 3.85. The first-order valence-electron chi connectivity index (χ1n) is 10.2. The van der Waals surface area contributed by atoms with Gasteiger partial charge in [-0.3, -0.25) is 9.59 Å². The number of hydrogen-bond donors (Lipinski definition) is 3. The summed E-state index contributed by atoms with van der Waals surface area (Å²) in [6, 6.07) is 13.5. The summed E-state index contributed by atoms with van der Waals surface area (Å²) in [5, 5.41) is 6.03. The molecule has 152 valence electrons. The van der Waals surface area contributed by atoms with Crippen molar-refractivity contribution in [2.45, 2.75) is 57.2 Å². The van der Waals surface area contributed by atoms with Gasteiger partial charge in [-0.05, 0) is 55.0 Å². The molecule has 1 heterocycles. The number of nitrogens with one attached hydrogen (secondary N) is 2. The van der Waals surface area contributed by atoms with Gasteiger partial charge in [0.15, 0.2) is 6.10 Å². The summed E-state index contributed by atoms with van der Waals surface area (Å²) in [7, 11) is 0. The summed E-state index contributed by atoms with van der Waals surface area (Å²) in [6.07, 6.45) is 1.83. The molecular formula is C23H27N3O3. The van der Waals surface area contributed by atoms with Crippen LogP contribution in [0.5, 0.6) is 5.75 Å². The maximum absolute atomic E-state index is 13.1. The second kappa shape index (κ2) is 7.52. The van der Waals surface area contributed by atoms with Crippen LogP contribution in [-0.2, 0) is 21.5 Å². The Labute approximate surface area is 170 Å². The molecule has 0 spiro atoms. The summed E-state index contributed by atoms with van der Waals surface area (Å²) in [5.74, 6) is 0.572. The lowest BCUT2D eigenvalue weighted by Crippen LogP contribution is -2.37.